The Morgan fingerprint density at radius 3 is 2.79 bits per heavy atom. The fraction of sp³-hybridized carbons (Fsp3) is 0. The van der Waals surface area contributed by atoms with E-state index in [1.54, 1.807) is 0 Å². The summed E-state index contributed by atoms with van der Waals surface area (Å²) < 4.78 is 0.803. The number of carboxylic acid groups (broad SMARTS) is 1. The maximum atomic E-state index is 10.9. The monoisotopic (exact) mass is 334 g/mol. The Kier molecular flexibility index (Phi) is 3.04. The number of hydrogen-bond donors (Lipinski definition) is 1. The van der Waals surface area contributed by atoms with Crippen LogP contribution in [0.4, 0.5) is 0 Å². The number of carbonyl (C=O) groups is 1. The van der Waals surface area contributed by atoms with E-state index in [1.807, 2.05) is 30.3 Å². The van der Waals surface area contributed by atoms with Crippen molar-refractivity contribution in [2.45, 2.75) is 0 Å². The Hall–Kier alpha value is -1.79. The van der Waals surface area contributed by atoms with Crippen LogP contribution in [-0.2, 0) is 0 Å². The van der Waals surface area contributed by atoms with Gasteiger partial charge < -0.3 is 5.11 Å². The summed E-state index contributed by atoms with van der Waals surface area (Å²) in [6.45, 7) is 0. The summed E-state index contributed by atoms with van der Waals surface area (Å²) in [6.07, 6.45) is 0. The Labute approximate surface area is 120 Å². The molecule has 1 aromatic carbocycles. The van der Waals surface area contributed by atoms with Crippen LogP contribution in [0.1, 0.15) is 10.5 Å². The second-order valence-corrected chi connectivity index (χ2v) is 5.57. The second kappa shape index (κ2) is 4.71. The molecule has 0 fully saturated rings. The summed E-state index contributed by atoms with van der Waals surface area (Å²) in [5, 5.41) is 12.0. The van der Waals surface area contributed by atoms with Gasteiger partial charge in [0.2, 0.25) is 0 Å². The molecule has 0 aliphatic heterocycles. The molecule has 0 unspecified atom stereocenters. The van der Waals surface area contributed by atoms with Gasteiger partial charge in [0.1, 0.15) is 10.7 Å². The molecule has 2 heterocycles. The number of halogens is 1. The van der Waals surface area contributed by atoms with Gasteiger partial charge in [-0.25, -0.2) is 14.8 Å². The SMILES string of the molecule is O=C(O)c1csc(-c2nc3ccccc3cc2Br)n1. The van der Waals surface area contributed by atoms with Crippen LogP contribution in [0.5, 0.6) is 0 Å². The van der Waals surface area contributed by atoms with E-state index in [9.17, 15) is 4.79 Å². The molecule has 1 N–H and O–H groups in total. The molecule has 19 heavy (non-hydrogen) atoms. The van der Waals surface area contributed by atoms with Crippen molar-refractivity contribution in [3.05, 3.63) is 45.9 Å². The minimum atomic E-state index is -1.03. The topological polar surface area (TPSA) is 63.1 Å². The largest absolute Gasteiger partial charge is 0.476 e. The normalized spacial score (nSPS) is 10.8. The Balaban J connectivity index is 2.18. The van der Waals surface area contributed by atoms with E-state index in [1.165, 1.54) is 16.7 Å². The van der Waals surface area contributed by atoms with E-state index < -0.39 is 5.97 Å². The van der Waals surface area contributed by atoms with Gasteiger partial charge in [-0.3, -0.25) is 0 Å². The first-order valence-corrected chi connectivity index (χ1v) is 7.07. The summed E-state index contributed by atoms with van der Waals surface area (Å²) in [5.74, 6) is -1.03. The summed E-state index contributed by atoms with van der Waals surface area (Å²) in [4.78, 5) is 19.5. The molecule has 94 valence electrons. The van der Waals surface area contributed by atoms with E-state index in [-0.39, 0.29) is 5.69 Å². The molecule has 0 radical (unpaired) electrons. The van der Waals surface area contributed by atoms with Gasteiger partial charge in [0.25, 0.3) is 0 Å². The molecule has 0 spiro atoms. The van der Waals surface area contributed by atoms with Crippen LogP contribution in [0.15, 0.2) is 40.2 Å². The van der Waals surface area contributed by atoms with E-state index >= 15 is 0 Å². The number of hydrogen-bond acceptors (Lipinski definition) is 4. The number of rotatable bonds is 2. The zero-order valence-corrected chi connectivity index (χ0v) is 11.9. The van der Waals surface area contributed by atoms with Gasteiger partial charge in [-0.1, -0.05) is 18.2 Å². The zero-order chi connectivity index (χ0) is 13.4. The summed E-state index contributed by atoms with van der Waals surface area (Å²) >= 11 is 4.73. The third-order valence-corrected chi connectivity index (χ3v) is 4.06. The van der Waals surface area contributed by atoms with E-state index in [0.29, 0.717) is 10.7 Å². The Morgan fingerprint density at radius 1 is 1.26 bits per heavy atom. The summed E-state index contributed by atoms with van der Waals surface area (Å²) in [6, 6.07) is 9.71. The van der Waals surface area contributed by atoms with Crippen LogP contribution in [0, 0.1) is 0 Å². The lowest BCUT2D eigenvalue weighted by atomic mass is 10.2. The lowest BCUT2D eigenvalue weighted by molar-refractivity contribution is 0.0691. The number of pyridine rings is 1. The molecule has 0 aliphatic rings. The zero-order valence-electron chi connectivity index (χ0n) is 9.50. The van der Waals surface area contributed by atoms with Gasteiger partial charge in [-0.2, -0.15) is 0 Å². The number of para-hydroxylation sites is 1. The van der Waals surface area contributed by atoms with Crippen LogP contribution < -0.4 is 0 Å². The van der Waals surface area contributed by atoms with Gasteiger partial charge in [0.15, 0.2) is 5.69 Å². The number of nitrogens with zero attached hydrogens (tertiary/aromatic N) is 2. The van der Waals surface area contributed by atoms with E-state index in [0.717, 1.165) is 15.4 Å². The third kappa shape index (κ3) is 2.24. The van der Waals surface area contributed by atoms with Crippen LogP contribution >= 0.6 is 27.3 Å². The first kappa shape index (κ1) is 12.3. The van der Waals surface area contributed by atoms with Crippen molar-refractivity contribution < 1.29 is 9.90 Å². The molecule has 0 amide bonds. The minimum absolute atomic E-state index is 0.0434. The lowest BCUT2D eigenvalue weighted by Gasteiger charge is -2.03. The Morgan fingerprint density at radius 2 is 2.05 bits per heavy atom. The smallest absolute Gasteiger partial charge is 0.355 e. The first-order valence-electron chi connectivity index (χ1n) is 5.39. The molecule has 0 aliphatic carbocycles. The second-order valence-electron chi connectivity index (χ2n) is 3.85. The molecule has 3 rings (SSSR count). The highest BCUT2D eigenvalue weighted by Crippen LogP contribution is 2.31. The van der Waals surface area contributed by atoms with Gasteiger partial charge in [-0.15, -0.1) is 11.3 Å². The predicted octanol–water partition coefficient (Wildman–Crippen LogP) is 3.82. The Bertz CT molecular complexity index is 785. The van der Waals surface area contributed by atoms with Gasteiger partial charge in [0.05, 0.1) is 5.52 Å². The van der Waals surface area contributed by atoms with Crippen LogP contribution in [-0.4, -0.2) is 21.0 Å². The number of fused-ring (bicyclic) bond motifs is 1. The van der Waals surface area contributed by atoms with Crippen molar-refractivity contribution in [2.24, 2.45) is 0 Å². The molecule has 0 saturated heterocycles. The highest BCUT2D eigenvalue weighted by Gasteiger charge is 2.14. The molecular formula is C13H7BrN2O2S. The van der Waals surface area contributed by atoms with Crippen LogP contribution in [0.3, 0.4) is 0 Å². The third-order valence-electron chi connectivity index (χ3n) is 2.60. The van der Waals surface area contributed by atoms with Gasteiger partial charge in [-0.05, 0) is 28.1 Å². The van der Waals surface area contributed by atoms with Crippen molar-refractivity contribution in [1.29, 1.82) is 0 Å². The number of aromatic nitrogens is 2. The van der Waals surface area contributed by atoms with Crippen molar-refractivity contribution in [3.63, 3.8) is 0 Å². The molecule has 4 nitrogen and oxygen atoms in total. The maximum Gasteiger partial charge on any atom is 0.355 e. The standard InChI is InChI=1S/C13H7BrN2O2S/c14-8-5-7-3-1-2-4-9(7)15-11(8)12-16-10(6-19-12)13(17)18/h1-6H,(H,17,18). The van der Waals surface area contributed by atoms with Gasteiger partial charge >= 0.3 is 5.97 Å². The van der Waals surface area contributed by atoms with Crippen molar-refractivity contribution in [3.8, 4) is 10.7 Å². The number of benzene rings is 1. The highest BCUT2D eigenvalue weighted by atomic mass is 79.9. The average Bonchev–Trinajstić information content (AvgIpc) is 2.87. The van der Waals surface area contributed by atoms with Crippen molar-refractivity contribution >= 4 is 44.1 Å². The minimum Gasteiger partial charge on any atom is -0.476 e. The van der Waals surface area contributed by atoms with Crippen LogP contribution in [0.25, 0.3) is 21.6 Å². The van der Waals surface area contributed by atoms with Crippen molar-refractivity contribution in [1.82, 2.24) is 9.97 Å². The van der Waals surface area contributed by atoms with Crippen LogP contribution in [0.2, 0.25) is 0 Å². The van der Waals surface area contributed by atoms with E-state index in [4.69, 9.17) is 5.11 Å². The molecule has 2 aromatic heterocycles. The molecule has 0 bridgehead atoms. The van der Waals surface area contributed by atoms with Gasteiger partial charge in [0, 0.05) is 15.2 Å². The fourth-order valence-electron chi connectivity index (χ4n) is 1.72. The number of aromatic carboxylic acids is 1. The lowest BCUT2D eigenvalue weighted by Crippen LogP contribution is -1.96. The number of thiazole rings is 1. The molecule has 3 aromatic rings. The molecule has 0 saturated carbocycles. The quantitative estimate of drug-likeness (QED) is 0.773. The number of carboxylic acids is 1. The molecule has 0 atom stereocenters. The summed E-state index contributed by atoms with van der Waals surface area (Å²) in [5.41, 5.74) is 1.56. The summed E-state index contributed by atoms with van der Waals surface area (Å²) in [7, 11) is 0. The maximum absolute atomic E-state index is 10.9. The van der Waals surface area contributed by atoms with E-state index in [2.05, 4.69) is 25.9 Å². The van der Waals surface area contributed by atoms with Crippen molar-refractivity contribution in [2.75, 3.05) is 0 Å². The predicted molar refractivity (Wildman–Crippen MR) is 77.5 cm³/mol. The highest BCUT2D eigenvalue weighted by molar-refractivity contribution is 9.10. The average molecular weight is 335 g/mol. The fourth-order valence-corrected chi connectivity index (χ4v) is 3.17. The molecule has 6 heteroatoms. The molecular weight excluding hydrogens is 328 g/mol. The first-order chi connectivity index (χ1) is 9.15.